The highest BCUT2D eigenvalue weighted by Crippen LogP contribution is 2.27. The van der Waals surface area contributed by atoms with E-state index >= 15 is 0 Å². The maximum absolute atomic E-state index is 11.2. The molecule has 0 bridgehead atoms. The molecule has 0 saturated heterocycles. The lowest BCUT2D eigenvalue weighted by Gasteiger charge is -2.23. The van der Waals surface area contributed by atoms with Gasteiger partial charge in [0.1, 0.15) is 0 Å². The van der Waals surface area contributed by atoms with Crippen molar-refractivity contribution in [2.24, 2.45) is 11.8 Å². The van der Waals surface area contributed by atoms with Gasteiger partial charge in [0, 0.05) is 25.0 Å². The first kappa shape index (κ1) is 11.4. The van der Waals surface area contributed by atoms with Gasteiger partial charge in [-0.3, -0.25) is 15.1 Å². The second kappa shape index (κ2) is 5.29. The van der Waals surface area contributed by atoms with Gasteiger partial charge in [0.25, 0.3) is 0 Å². The lowest BCUT2D eigenvalue weighted by atomic mass is 10.1. The molecule has 5 heteroatoms. The van der Waals surface area contributed by atoms with Crippen LogP contribution in [0.2, 0.25) is 0 Å². The zero-order chi connectivity index (χ0) is 10.6. The number of rotatable bonds is 6. The Morgan fingerprint density at radius 2 is 2.36 bits per heavy atom. The maximum atomic E-state index is 11.2. The van der Waals surface area contributed by atoms with Crippen LogP contribution >= 0.6 is 0 Å². The van der Waals surface area contributed by atoms with Gasteiger partial charge in [-0.1, -0.05) is 6.92 Å². The van der Waals surface area contributed by atoms with Gasteiger partial charge in [-0.2, -0.15) is 0 Å². The number of aliphatic hydroxyl groups is 1. The van der Waals surface area contributed by atoms with Crippen LogP contribution in [-0.4, -0.2) is 41.7 Å². The van der Waals surface area contributed by atoms with Gasteiger partial charge in [0.2, 0.25) is 5.91 Å². The van der Waals surface area contributed by atoms with Gasteiger partial charge in [-0.25, -0.2) is 5.84 Å². The number of aliphatic hydroxyl groups excluding tert-OH is 1. The first-order chi connectivity index (χ1) is 6.69. The molecule has 1 aliphatic rings. The molecule has 14 heavy (non-hydrogen) atoms. The molecule has 0 heterocycles. The summed E-state index contributed by atoms with van der Waals surface area (Å²) in [6, 6.07) is 0.565. The molecule has 0 aromatic heterocycles. The minimum absolute atomic E-state index is 0.118. The Morgan fingerprint density at radius 3 is 2.79 bits per heavy atom. The van der Waals surface area contributed by atoms with Crippen molar-refractivity contribution in [1.82, 2.24) is 10.3 Å². The monoisotopic (exact) mass is 201 g/mol. The average Bonchev–Trinajstić information content (AvgIpc) is 2.99. The van der Waals surface area contributed by atoms with E-state index in [4.69, 9.17) is 10.9 Å². The predicted molar refractivity (Wildman–Crippen MR) is 53.2 cm³/mol. The molecule has 5 nitrogen and oxygen atoms in total. The molecular weight excluding hydrogens is 182 g/mol. The number of carbonyl (C=O) groups excluding carboxylic acids is 1. The normalized spacial score (nSPS) is 18.3. The van der Waals surface area contributed by atoms with Crippen LogP contribution in [-0.2, 0) is 4.79 Å². The Morgan fingerprint density at radius 1 is 1.71 bits per heavy atom. The molecule has 1 atom stereocenters. The molecule has 0 aliphatic heterocycles. The highest BCUT2D eigenvalue weighted by Gasteiger charge is 2.30. The van der Waals surface area contributed by atoms with Crippen molar-refractivity contribution >= 4 is 5.91 Å². The zero-order valence-electron chi connectivity index (χ0n) is 8.57. The molecule has 1 rings (SSSR count). The third kappa shape index (κ3) is 3.25. The minimum Gasteiger partial charge on any atom is -0.395 e. The van der Waals surface area contributed by atoms with Crippen LogP contribution in [0.1, 0.15) is 19.8 Å². The second-order valence-electron chi connectivity index (χ2n) is 3.86. The molecule has 0 aromatic rings. The Labute approximate surface area is 84.2 Å². The van der Waals surface area contributed by atoms with E-state index in [1.165, 1.54) is 12.8 Å². The van der Waals surface area contributed by atoms with E-state index in [1.807, 2.05) is 6.92 Å². The molecular formula is C9H19N3O2. The number of carbonyl (C=O) groups is 1. The van der Waals surface area contributed by atoms with Gasteiger partial charge in [0.05, 0.1) is 6.61 Å². The van der Waals surface area contributed by atoms with Gasteiger partial charge in [-0.15, -0.1) is 0 Å². The summed E-state index contributed by atoms with van der Waals surface area (Å²) >= 11 is 0. The summed E-state index contributed by atoms with van der Waals surface area (Å²) < 4.78 is 0. The lowest BCUT2D eigenvalue weighted by Crippen LogP contribution is -2.42. The minimum atomic E-state index is -0.145. The van der Waals surface area contributed by atoms with E-state index in [9.17, 15) is 4.79 Å². The second-order valence-corrected chi connectivity index (χ2v) is 3.86. The van der Waals surface area contributed by atoms with E-state index in [0.717, 1.165) is 0 Å². The van der Waals surface area contributed by atoms with Crippen molar-refractivity contribution in [3.05, 3.63) is 0 Å². The average molecular weight is 201 g/mol. The van der Waals surface area contributed by atoms with E-state index in [1.54, 1.807) is 0 Å². The van der Waals surface area contributed by atoms with Gasteiger partial charge in [-0.05, 0) is 12.8 Å². The molecule has 1 amide bonds. The van der Waals surface area contributed by atoms with Gasteiger partial charge < -0.3 is 5.11 Å². The molecule has 0 spiro atoms. The number of nitrogens with one attached hydrogen (secondary N) is 1. The fraction of sp³-hybridized carbons (Fsp3) is 0.889. The van der Waals surface area contributed by atoms with Crippen molar-refractivity contribution in [2.45, 2.75) is 25.8 Å². The van der Waals surface area contributed by atoms with Crippen LogP contribution in [0.15, 0.2) is 0 Å². The molecule has 1 unspecified atom stereocenters. The number of hydrazine groups is 1. The topological polar surface area (TPSA) is 78.6 Å². The highest BCUT2D eigenvalue weighted by molar-refractivity contribution is 5.77. The van der Waals surface area contributed by atoms with Crippen molar-refractivity contribution in [3.63, 3.8) is 0 Å². The van der Waals surface area contributed by atoms with E-state index in [-0.39, 0.29) is 18.4 Å². The highest BCUT2D eigenvalue weighted by atomic mass is 16.3. The first-order valence-electron chi connectivity index (χ1n) is 5.04. The molecule has 1 fully saturated rings. The predicted octanol–water partition coefficient (Wildman–Crippen LogP) is -0.931. The molecule has 1 aliphatic carbocycles. The fourth-order valence-corrected chi connectivity index (χ4v) is 1.57. The summed E-state index contributed by atoms with van der Waals surface area (Å²) in [6.45, 7) is 3.31. The van der Waals surface area contributed by atoms with Crippen molar-refractivity contribution in [1.29, 1.82) is 0 Å². The summed E-state index contributed by atoms with van der Waals surface area (Å²) in [5, 5.41) is 8.86. The quantitative estimate of drug-likeness (QED) is 0.295. The Hall–Kier alpha value is -0.650. The third-order valence-electron chi connectivity index (χ3n) is 2.55. The van der Waals surface area contributed by atoms with Crippen LogP contribution in [0, 0.1) is 5.92 Å². The molecule has 4 N–H and O–H groups in total. The summed E-state index contributed by atoms with van der Waals surface area (Å²) in [4.78, 5) is 13.3. The number of amides is 1. The third-order valence-corrected chi connectivity index (χ3v) is 2.55. The standard InChI is InChI=1S/C9H19N3O2/c1-7(9(14)11-10)6-12(4-5-13)8-2-3-8/h7-8,13H,2-6,10H2,1H3,(H,11,14). The lowest BCUT2D eigenvalue weighted by molar-refractivity contribution is -0.125. The summed E-state index contributed by atoms with van der Waals surface area (Å²) in [5.74, 6) is 4.78. The SMILES string of the molecule is CC(CN(CCO)C1CC1)C(=O)NN. The number of nitrogens with two attached hydrogens (primary N) is 1. The van der Waals surface area contributed by atoms with Crippen LogP contribution in [0.3, 0.4) is 0 Å². The van der Waals surface area contributed by atoms with Crippen molar-refractivity contribution in [3.8, 4) is 0 Å². The molecule has 0 aromatic carbocycles. The summed E-state index contributed by atoms with van der Waals surface area (Å²) in [7, 11) is 0. The Balaban J connectivity index is 2.33. The van der Waals surface area contributed by atoms with Crippen LogP contribution in [0.4, 0.5) is 0 Å². The van der Waals surface area contributed by atoms with Crippen LogP contribution in [0.5, 0.6) is 0 Å². The zero-order valence-corrected chi connectivity index (χ0v) is 8.57. The van der Waals surface area contributed by atoms with Gasteiger partial charge in [0.15, 0.2) is 0 Å². The number of hydrogen-bond acceptors (Lipinski definition) is 4. The Kier molecular flexibility index (Phi) is 4.31. The van der Waals surface area contributed by atoms with E-state index < -0.39 is 0 Å². The number of hydrogen-bond donors (Lipinski definition) is 3. The van der Waals surface area contributed by atoms with Gasteiger partial charge >= 0.3 is 0 Å². The van der Waals surface area contributed by atoms with Crippen molar-refractivity contribution in [2.75, 3.05) is 19.7 Å². The summed E-state index contributed by atoms with van der Waals surface area (Å²) in [5.41, 5.74) is 2.14. The first-order valence-corrected chi connectivity index (χ1v) is 5.04. The van der Waals surface area contributed by atoms with Crippen LogP contribution < -0.4 is 11.3 Å². The smallest absolute Gasteiger partial charge is 0.237 e. The van der Waals surface area contributed by atoms with Crippen LogP contribution in [0.25, 0.3) is 0 Å². The fourth-order valence-electron chi connectivity index (χ4n) is 1.57. The molecule has 82 valence electrons. The maximum Gasteiger partial charge on any atom is 0.237 e. The van der Waals surface area contributed by atoms with E-state index in [2.05, 4.69) is 10.3 Å². The largest absolute Gasteiger partial charge is 0.395 e. The van der Waals surface area contributed by atoms with Crippen molar-refractivity contribution < 1.29 is 9.90 Å². The summed E-state index contributed by atoms with van der Waals surface area (Å²) in [6.07, 6.45) is 2.36. The molecule has 0 radical (unpaired) electrons. The Bertz CT molecular complexity index is 194. The number of nitrogens with zero attached hydrogens (tertiary/aromatic N) is 1. The van der Waals surface area contributed by atoms with E-state index in [0.29, 0.717) is 19.1 Å². The molecule has 1 saturated carbocycles.